The summed E-state index contributed by atoms with van der Waals surface area (Å²) in [5.41, 5.74) is 4.55. The number of aliphatic hydroxyl groups is 1. The first-order valence-corrected chi connectivity index (χ1v) is 13.4. The molecule has 2 aromatic heterocycles. The molecule has 198 valence electrons. The van der Waals surface area contributed by atoms with Gasteiger partial charge in [-0.25, -0.2) is 4.98 Å². The highest BCUT2D eigenvalue weighted by Crippen LogP contribution is 2.30. The topological polar surface area (TPSA) is 95.6 Å². The SMILES string of the molecule is Cc1cc(-c2nc3cc(CC[C@H](C(=O)OC4CCC4)[C@@H](C)O)ccc3n2CC2CCOC2)cn(C)c1=O. The van der Waals surface area contributed by atoms with Gasteiger partial charge in [-0.1, -0.05) is 6.07 Å². The van der Waals surface area contributed by atoms with Crippen LogP contribution >= 0.6 is 0 Å². The van der Waals surface area contributed by atoms with Crippen LogP contribution in [0.2, 0.25) is 0 Å². The zero-order valence-electron chi connectivity index (χ0n) is 22.0. The predicted octanol–water partition coefficient (Wildman–Crippen LogP) is 3.77. The molecule has 2 aliphatic rings. The fourth-order valence-electron chi connectivity index (χ4n) is 5.34. The van der Waals surface area contributed by atoms with Crippen LogP contribution in [0.5, 0.6) is 0 Å². The number of hydrogen-bond acceptors (Lipinski definition) is 6. The Kier molecular flexibility index (Phi) is 7.49. The van der Waals surface area contributed by atoms with Gasteiger partial charge in [0.05, 0.1) is 29.7 Å². The van der Waals surface area contributed by atoms with E-state index < -0.39 is 12.0 Å². The van der Waals surface area contributed by atoms with Gasteiger partial charge >= 0.3 is 5.97 Å². The number of nitrogens with zero attached hydrogens (tertiary/aromatic N) is 3. The third-order valence-corrected chi connectivity index (χ3v) is 7.86. The number of esters is 1. The molecule has 1 aliphatic heterocycles. The molecule has 3 heterocycles. The van der Waals surface area contributed by atoms with Crippen LogP contribution in [0, 0.1) is 18.8 Å². The second-order valence-corrected chi connectivity index (χ2v) is 10.8. The summed E-state index contributed by atoms with van der Waals surface area (Å²) in [4.78, 5) is 30.0. The van der Waals surface area contributed by atoms with Crippen LogP contribution in [0.25, 0.3) is 22.4 Å². The van der Waals surface area contributed by atoms with Crippen molar-refractivity contribution in [1.82, 2.24) is 14.1 Å². The second kappa shape index (κ2) is 10.8. The molecule has 1 unspecified atom stereocenters. The van der Waals surface area contributed by atoms with Crippen LogP contribution in [-0.2, 0) is 34.3 Å². The molecule has 3 aromatic rings. The number of carbonyl (C=O) groups is 1. The lowest BCUT2D eigenvalue weighted by atomic mass is 9.93. The number of aromatic nitrogens is 3. The van der Waals surface area contributed by atoms with E-state index in [4.69, 9.17) is 14.5 Å². The summed E-state index contributed by atoms with van der Waals surface area (Å²) < 4.78 is 15.1. The Labute approximate surface area is 217 Å². The number of hydrogen-bond donors (Lipinski definition) is 1. The number of aryl methyl sites for hydroxylation is 3. The first-order valence-electron chi connectivity index (χ1n) is 13.4. The highest BCUT2D eigenvalue weighted by atomic mass is 16.5. The van der Waals surface area contributed by atoms with Crippen molar-refractivity contribution < 1.29 is 19.4 Å². The minimum absolute atomic E-state index is 0.0126. The summed E-state index contributed by atoms with van der Waals surface area (Å²) in [6, 6.07) is 8.16. The van der Waals surface area contributed by atoms with Gasteiger partial charge in [0, 0.05) is 43.4 Å². The van der Waals surface area contributed by atoms with Gasteiger partial charge < -0.3 is 23.7 Å². The van der Waals surface area contributed by atoms with Gasteiger partial charge in [-0.05, 0) is 76.1 Å². The monoisotopic (exact) mass is 507 g/mol. The van der Waals surface area contributed by atoms with Crippen molar-refractivity contribution in [3.8, 4) is 11.4 Å². The van der Waals surface area contributed by atoms with Gasteiger partial charge in [0.25, 0.3) is 5.56 Å². The minimum Gasteiger partial charge on any atom is -0.462 e. The van der Waals surface area contributed by atoms with Crippen LogP contribution < -0.4 is 5.56 Å². The molecule has 1 N–H and O–H groups in total. The molecule has 0 radical (unpaired) electrons. The van der Waals surface area contributed by atoms with E-state index in [2.05, 4.69) is 22.8 Å². The Bertz CT molecular complexity index is 1310. The van der Waals surface area contributed by atoms with Crippen molar-refractivity contribution >= 4 is 17.0 Å². The lowest BCUT2D eigenvalue weighted by Gasteiger charge is -2.28. The first-order chi connectivity index (χ1) is 17.8. The highest BCUT2D eigenvalue weighted by molar-refractivity contribution is 5.81. The molecule has 0 spiro atoms. The zero-order chi connectivity index (χ0) is 26.1. The Hall–Kier alpha value is -2.97. The number of ether oxygens (including phenoxy) is 2. The maximum absolute atomic E-state index is 12.6. The van der Waals surface area contributed by atoms with Crippen LogP contribution in [0.1, 0.15) is 50.2 Å². The van der Waals surface area contributed by atoms with Crippen molar-refractivity contribution in [2.24, 2.45) is 18.9 Å². The maximum Gasteiger partial charge on any atom is 0.311 e. The summed E-state index contributed by atoms with van der Waals surface area (Å²) in [6.45, 7) is 5.80. The minimum atomic E-state index is -0.760. The third kappa shape index (κ3) is 5.50. The average Bonchev–Trinajstić information content (AvgIpc) is 3.47. The summed E-state index contributed by atoms with van der Waals surface area (Å²) in [7, 11) is 1.77. The quantitative estimate of drug-likeness (QED) is 0.443. The average molecular weight is 508 g/mol. The molecule has 0 amide bonds. The Morgan fingerprint density at radius 1 is 1.27 bits per heavy atom. The largest absolute Gasteiger partial charge is 0.462 e. The highest BCUT2D eigenvalue weighted by Gasteiger charge is 2.30. The molecule has 1 aromatic carbocycles. The second-order valence-electron chi connectivity index (χ2n) is 10.8. The molecule has 1 saturated carbocycles. The number of benzene rings is 1. The van der Waals surface area contributed by atoms with E-state index >= 15 is 0 Å². The van der Waals surface area contributed by atoms with E-state index in [1.54, 1.807) is 18.5 Å². The van der Waals surface area contributed by atoms with Gasteiger partial charge in [-0.3, -0.25) is 9.59 Å². The molecule has 5 rings (SSSR count). The van der Waals surface area contributed by atoms with E-state index in [1.165, 1.54) is 0 Å². The van der Waals surface area contributed by atoms with Gasteiger partial charge in [-0.15, -0.1) is 0 Å². The van der Waals surface area contributed by atoms with E-state index in [0.29, 0.717) is 24.3 Å². The molecule has 3 atom stereocenters. The molecular formula is C29H37N3O5. The zero-order valence-corrected chi connectivity index (χ0v) is 22.0. The van der Waals surface area contributed by atoms with E-state index in [9.17, 15) is 14.7 Å². The Balaban J connectivity index is 1.43. The van der Waals surface area contributed by atoms with E-state index in [-0.39, 0.29) is 17.6 Å². The third-order valence-electron chi connectivity index (χ3n) is 7.86. The van der Waals surface area contributed by atoms with Crippen LogP contribution in [0.3, 0.4) is 0 Å². The number of pyridine rings is 1. The van der Waals surface area contributed by atoms with Crippen LogP contribution in [-0.4, -0.2) is 50.6 Å². The van der Waals surface area contributed by atoms with E-state index in [0.717, 1.165) is 73.4 Å². The molecule has 8 nitrogen and oxygen atoms in total. The smallest absolute Gasteiger partial charge is 0.311 e. The molecule has 1 aliphatic carbocycles. The van der Waals surface area contributed by atoms with Crippen molar-refractivity contribution in [1.29, 1.82) is 0 Å². The fraction of sp³-hybridized carbons (Fsp3) is 0.552. The van der Waals surface area contributed by atoms with Crippen LogP contribution in [0.4, 0.5) is 0 Å². The van der Waals surface area contributed by atoms with Crippen molar-refractivity contribution in [3.63, 3.8) is 0 Å². The van der Waals surface area contributed by atoms with Gasteiger partial charge in [-0.2, -0.15) is 0 Å². The molecule has 2 fully saturated rings. The number of aliphatic hydroxyl groups excluding tert-OH is 1. The molecule has 1 saturated heterocycles. The normalized spacial score (nSPS) is 19.6. The Morgan fingerprint density at radius 2 is 2.08 bits per heavy atom. The maximum atomic E-state index is 12.6. The van der Waals surface area contributed by atoms with Gasteiger partial charge in [0.1, 0.15) is 11.9 Å². The summed E-state index contributed by atoms with van der Waals surface area (Å²) >= 11 is 0. The molecule has 0 bridgehead atoms. The van der Waals surface area contributed by atoms with Crippen LogP contribution in [0.15, 0.2) is 35.3 Å². The molecule has 37 heavy (non-hydrogen) atoms. The summed E-state index contributed by atoms with van der Waals surface area (Å²) in [6.07, 6.45) is 6.21. The van der Waals surface area contributed by atoms with Crippen molar-refractivity contribution in [2.75, 3.05) is 13.2 Å². The predicted molar refractivity (Wildman–Crippen MR) is 141 cm³/mol. The molecule has 8 heteroatoms. The van der Waals surface area contributed by atoms with Gasteiger partial charge in [0.2, 0.25) is 0 Å². The number of fused-ring (bicyclic) bond motifs is 1. The number of imidazole rings is 1. The lowest BCUT2D eigenvalue weighted by molar-refractivity contribution is -0.161. The fourth-order valence-corrected chi connectivity index (χ4v) is 5.34. The number of carbonyl (C=O) groups excluding carboxylic acids is 1. The number of rotatable bonds is 9. The van der Waals surface area contributed by atoms with Crippen molar-refractivity contribution in [2.45, 2.75) is 71.1 Å². The van der Waals surface area contributed by atoms with E-state index in [1.807, 2.05) is 19.2 Å². The lowest BCUT2D eigenvalue weighted by Crippen LogP contribution is -2.33. The Morgan fingerprint density at radius 3 is 2.73 bits per heavy atom. The summed E-state index contributed by atoms with van der Waals surface area (Å²) in [5.74, 6) is 0.415. The van der Waals surface area contributed by atoms with Gasteiger partial charge in [0.15, 0.2) is 0 Å². The van der Waals surface area contributed by atoms with Crippen molar-refractivity contribution in [3.05, 3.63) is 51.9 Å². The molecular weight excluding hydrogens is 470 g/mol. The first kappa shape index (κ1) is 25.7. The standard InChI is InChI=1S/C29H37N3O5/c1-18-13-22(16-31(3)28(18)34)27-30-25-14-20(8-10-26(25)32(27)15-21-11-12-36-17-21)7-9-24(19(2)33)29(35)37-23-5-4-6-23/h8,10,13-14,16,19,21,23-24,33H,4-7,9,11-12,15,17H2,1-3H3/t19-,21?,24+/m1/s1. The summed E-state index contributed by atoms with van der Waals surface area (Å²) in [5, 5.41) is 10.3.